The zero-order valence-electron chi connectivity index (χ0n) is 17.1. The highest BCUT2D eigenvalue weighted by molar-refractivity contribution is 6.05. The van der Waals surface area contributed by atoms with Crippen molar-refractivity contribution in [2.45, 2.75) is 13.8 Å². The van der Waals surface area contributed by atoms with E-state index in [4.69, 9.17) is 5.73 Å². The predicted molar refractivity (Wildman–Crippen MR) is 114 cm³/mol. The van der Waals surface area contributed by atoms with Gasteiger partial charge in [-0.1, -0.05) is 13.8 Å². The Hall–Kier alpha value is -4.01. The molecule has 2 aromatic carbocycles. The fourth-order valence-electron chi connectivity index (χ4n) is 2.83. The molecule has 4 N–H and O–H groups in total. The molecule has 0 spiro atoms. The van der Waals surface area contributed by atoms with Crippen molar-refractivity contribution in [2.24, 2.45) is 11.7 Å². The van der Waals surface area contributed by atoms with E-state index in [0.29, 0.717) is 23.5 Å². The summed E-state index contributed by atoms with van der Waals surface area (Å²) in [7, 11) is 0. The van der Waals surface area contributed by atoms with Crippen LogP contribution in [0.2, 0.25) is 0 Å². The van der Waals surface area contributed by atoms with Gasteiger partial charge in [0.1, 0.15) is 17.8 Å². The molecule has 0 aliphatic carbocycles. The van der Waals surface area contributed by atoms with Gasteiger partial charge in [0.05, 0.1) is 0 Å². The molecule has 1 aromatic heterocycles. The maximum atomic E-state index is 13.0. The maximum absolute atomic E-state index is 13.0. The molecule has 0 atom stereocenters. The van der Waals surface area contributed by atoms with Crippen molar-refractivity contribution in [3.05, 3.63) is 77.6 Å². The molecule has 0 aliphatic rings. The van der Waals surface area contributed by atoms with Crippen LogP contribution in [0.1, 0.15) is 45.2 Å². The van der Waals surface area contributed by atoms with Crippen LogP contribution in [0.5, 0.6) is 0 Å². The third-order valence-corrected chi connectivity index (χ3v) is 4.40. The Kier molecular flexibility index (Phi) is 6.44. The molecule has 0 fully saturated rings. The summed E-state index contributed by atoms with van der Waals surface area (Å²) < 4.78 is 14.5. The van der Waals surface area contributed by atoms with E-state index in [2.05, 4.69) is 15.6 Å². The highest BCUT2D eigenvalue weighted by atomic mass is 19.1. The monoisotopic (exact) mass is 423 g/mol. The quantitative estimate of drug-likeness (QED) is 0.541. The van der Waals surface area contributed by atoms with Crippen LogP contribution in [0.15, 0.2) is 54.9 Å². The number of carbonyl (C=O) groups excluding carboxylic acids is 3. The molecule has 0 saturated heterocycles. The van der Waals surface area contributed by atoms with Gasteiger partial charge in [0, 0.05) is 23.5 Å². The van der Waals surface area contributed by atoms with Crippen molar-refractivity contribution in [2.75, 3.05) is 11.9 Å². The largest absolute Gasteiger partial charge is 0.364 e. The average molecular weight is 423 g/mol. The van der Waals surface area contributed by atoms with E-state index >= 15 is 0 Å². The summed E-state index contributed by atoms with van der Waals surface area (Å²) in [6, 6.07) is 11.8. The van der Waals surface area contributed by atoms with Crippen LogP contribution in [0.3, 0.4) is 0 Å². The van der Waals surface area contributed by atoms with Crippen molar-refractivity contribution in [1.82, 2.24) is 14.9 Å². The number of imidazole rings is 1. The van der Waals surface area contributed by atoms with Gasteiger partial charge in [-0.05, 0) is 54.4 Å². The van der Waals surface area contributed by atoms with Gasteiger partial charge in [0.25, 0.3) is 17.7 Å². The molecule has 3 amide bonds. The Bertz CT molecular complexity index is 1110. The van der Waals surface area contributed by atoms with Gasteiger partial charge in [-0.2, -0.15) is 0 Å². The fourth-order valence-corrected chi connectivity index (χ4v) is 2.83. The number of aromatic nitrogens is 2. The summed E-state index contributed by atoms with van der Waals surface area (Å²) in [5.74, 6) is -1.86. The number of nitrogens with one attached hydrogen (secondary N) is 2. The average Bonchev–Trinajstić information content (AvgIpc) is 3.18. The molecular weight excluding hydrogens is 401 g/mol. The molecule has 8 nitrogen and oxygen atoms in total. The number of anilines is 1. The lowest BCUT2D eigenvalue weighted by Gasteiger charge is -2.12. The topological polar surface area (TPSA) is 119 Å². The van der Waals surface area contributed by atoms with E-state index in [-0.39, 0.29) is 23.2 Å². The van der Waals surface area contributed by atoms with Gasteiger partial charge < -0.3 is 16.4 Å². The van der Waals surface area contributed by atoms with Crippen LogP contribution in [0.25, 0.3) is 5.69 Å². The van der Waals surface area contributed by atoms with Crippen LogP contribution < -0.4 is 16.4 Å². The van der Waals surface area contributed by atoms with Gasteiger partial charge in [0.2, 0.25) is 0 Å². The van der Waals surface area contributed by atoms with Gasteiger partial charge in [-0.25, -0.2) is 9.37 Å². The van der Waals surface area contributed by atoms with Gasteiger partial charge in [-0.15, -0.1) is 0 Å². The second-order valence-corrected chi connectivity index (χ2v) is 7.29. The molecular formula is C22H22FN5O3. The Morgan fingerprint density at radius 3 is 2.26 bits per heavy atom. The highest BCUT2D eigenvalue weighted by Gasteiger charge is 2.23. The smallest absolute Gasteiger partial charge is 0.270 e. The SMILES string of the molecule is CC(C)CNC(=O)c1c(C(N)=O)ncn1-c1ccc(NC(=O)c2ccc(F)cc2)cc1. The lowest BCUT2D eigenvalue weighted by molar-refractivity contribution is 0.0925. The summed E-state index contributed by atoms with van der Waals surface area (Å²) in [5.41, 5.74) is 6.65. The third kappa shape index (κ3) is 5.13. The molecule has 31 heavy (non-hydrogen) atoms. The van der Waals surface area contributed by atoms with E-state index in [0.717, 1.165) is 0 Å². The summed E-state index contributed by atoms with van der Waals surface area (Å²) in [4.78, 5) is 40.7. The number of halogens is 1. The van der Waals surface area contributed by atoms with Crippen LogP contribution in [0.4, 0.5) is 10.1 Å². The lowest BCUT2D eigenvalue weighted by Crippen LogP contribution is -2.31. The van der Waals surface area contributed by atoms with Crippen LogP contribution in [-0.2, 0) is 0 Å². The second-order valence-electron chi connectivity index (χ2n) is 7.29. The van der Waals surface area contributed by atoms with Crippen molar-refractivity contribution in [1.29, 1.82) is 0 Å². The van der Waals surface area contributed by atoms with Crippen LogP contribution in [0, 0.1) is 11.7 Å². The minimum atomic E-state index is -0.809. The normalized spacial score (nSPS) is 10.7. The van der Waals surface area contributed by atoms with Gasteiger partial charge in [0.15, 0.2) is 5.69 Å². The van der Waals surface area contributed by atoms with Crippen LogP contribution >= 0.6 is 0 Å². The number of nitrogens with zero attached hydrogens (tertiary/aromatic N) is 2. The van der Waals surface area contributed by atoms with E-state index in [1.54, 1.807) is 24.3 Å². The molecule has 3 aromatic rings. The maximum Gasteiger partial charge on any atom is 0.270 e. The predicted octanol–water partition coefficient (Wildman–Crippen LogP) is 2.75. The molecule has 0 saturated carbocycles. The first kappa shape index (κ1) is 21.7. The number of carbonyl (C=O) groups is 3. The van der Waals surface area contributed by atoms with E-state index in [9.17, 15) is 18.8 Å². The minimum absolute atomic E-state index is 0.0382. The first-order chi connectivity index (χ1) is 14.8. The fraction of sp³-hybridized carbons (Fsp3) is 0.182. The zero-order valence-corrected chi connectivity index (χ0v) is 17.1. The Morgan fingerprint density at radius 1 is 1.03 bits per heavy atom. The number of benzene rings is 2. The van der Waals surface area contributed by atoms with Crippen molar-refractivity contribution < 1.29 is 18.8 Å². The first-order valence-electron chi connectivity index (χ1n) is 9.59. The van der Waals surface area contributed by atoms with E-state index in [1.165, 1.54) is 35.2 Å². The zero-order chi connectivity index (χ0) is 22.5. The first-order valence-corrected chi connectivity index (χ1v) is 9.59. The summed E-state index contributed by atoms with van der Waals surface area (Å²) in [6.07, 6.45) is 1.34. The third-order valence-electron chi connectivity index (χ3n) is 4.40. The molecule has 1 heterocycles. The Balaban J connectivity index is 1.83. The van der Waals surface area contributed by atoms with Crippen molar-refractivity contribution >= 4 is 23.4 Å². The number of rotatable bonds is 7. The molecule has 0 radical (unpaired) electrons. The molecule has 3 rings (SSSR count). The van der Waals surface area contributed by atoms with Crippen LogP contribution in [-0.4, -0.2) is 33.8 Å². The molecule has 0 bridgehead atoms. The van der Waals surface area contributed by atoms with E-state index in [1.807, 2.05) is 13.8 Å². The molecule has 160 valence electrons. The van der Waals surface area contributed by atoms with Crippen molar-refractivity contribution in [3.63, 3.8) is 0 Å². The van der Waals surface area contributed by atoms with Gasteiger partial charge >= 0.3 is 0 Å². The highest BCUT2D eigenvalue weighted by Crippen LogP contribution is 2.19. The standard InChI is InChI=1S/C22H22FN5O3/c1-13(2)11-25-22(31)19-18(20(24)29)26-12-28(19)17-9-7-16(8-10-17)27-21(30)14-3-5-15(23)6-4-14/h3-10,12-13H,11H2,1-2H3,(H2,24,29)(H,25,31)(H,27,30). The van der Waals surface area contributed by atoms with E-state index < -0.39 is 17.6 Å². The lowest BCUT2D eigenvalue weighted by atomic mass is 10.2. The van der Waals surface area contributed by atoms with Crippen molar-refractivity contribution in [3.8, 4) is 5.69 Å². The molecule has 0 unspecified atom stereocenters. The second kappa shape index (κ2) is 9.21. The number of nitrogens with two attached hydrogens (primary N) is 1. The number of hydrogen-bond donors (Lipinski definition) is 3. The summed E-state index contributed by atoms with van der Waals surface area (Å²) >= 11 is 0. The Labute approximate surface area is 178 Å². The summed E-state index contributed by atoms with van der Waals surface area (Å²) in [6.45, 7) is 4.33. The molecule has 0 aliphatic heterocycles. The van der Waals surface area contributed by atoms with Gasteiger partial charge in [-0.3, -0.25) is 19.0 Å². The molecule has 9 heteroatoms. The minimum Gasteiger partial charge on any atom is -0.364 e. The number of hydrogen-bond acceptors (Lipinski definition) is 4. The Morgan fingerprint density at radius 2 is 1.68 bits per heavy atom. The number of amides is 3. The number of primary amides is 1. The summed E-state index contributed by atoms with van der Waals surface area (Å²) in [5, 5.41) is 5.47.